The molecule has 0 bridgehead atoms. The van der Waals surface area contributed by atoms with Gasteiger partial charge >= 0.3 is 0 Å². The fraction of sp³-hybridized carbons (Fsp3) is 0.259. The van der Waals surface area contributed by atoms with E-state index in [1.165, 1.54) is 35.7 Å². The summed E-state index contributed by atoms with van der Waals surface area (Å²) in [7, 11) is 0. The fourth-order valence-electron chi connectivity index (χ4n) is 4.34. The molecule has 1 aliphatic rings. The lowest BCUT2D eigenvalue weighted by Crippen LogP contribution is -2.20. The second-order valence-electron chi connectivity index (χ2n) is 8.16. The minimum Gasteiger partial charge on any atom is -0.507 e. The van der Waals surface area contributed by atoms with Crippen molar-refractivity contribution >= 4 is 22.4 Å². The van der Waals surface area contributed by atoms with E-state index in [-0.39, 0.29) is 17.4 Å². The fourth-order valence-corrected chi connectivity index (χ4v) is 4.34. The maximum Gasteiger partial charge on any atom is 0.267 e. The minimum atomic E-state index is -0.490. The molecular formula is C27H27N3O2. The van der Waals surface area contributed by atoms with Crippen molar-refractivity contribution in [1.82, 2.24) is 5.32 Å². The summed E-state index contributed by atoms with van der Waals surface area (Å²) in [6, 6.07) is 19.1. The smallest absolute Gasteiger partial charge is 0.267 e. The Balaban J connectivity index is 1.52. The van der Waals surface area contributed by atoms with E-state index in [9.17, 15) is 15.2 Å². The molecule has 1 atom stereocenters. The van der Waals surface area contributed by atoms with Gasteiger partial charge in [-0.1, -0.05) is 49.4 Å². The minimum absolute atomic E-state index is 0.00133. The highest BCUT2D eigenvalue weighted by Crippen LogP contribution is 2.30. The lowest BCUT2D eigenvalue weighted by Gasteiger charge is -2.21. The molecule has 5 heteroatoms. The average Bonchev–Trinajstić information content (AvgIpc) is 2.82. The topological polar surface area (TPSA) is 85.2 Å². The number of aryl methyl sites for hydroxylation is 2. The number of hydrogen-bond acceptors (Lipinski definition) is 4. The predicted octanol–water partition coefficient (Wildman–Crippen LogP) is 5.51. The Hall–Kier alpha value is -3.78. The van der Waals surface area contributed by atoms with Crippen molar-refractivity contribution in [2.45, 2.75) is 45.1 Å². The predicted molar refractivity (Wildman–Crippen MR) is 127 cm³/mol. The number of carbonyl (C=O) groups excluding carboxylic acids is 1. The quantitative estimate of drug-likeness (QED) is 0.359. The number of benzene rings is 3. The zero-order valence-electron chi connectivity index (χ0n) is 18.2. The molecule has 0 saturated carbocycles. The Morgan fingerprint density at radius 3 is 2.62 bits per heavy atom. The Kier molecular flexibility index (Phi) is 6.42. The van der Waals surface area contributed by atoms with E-state index in [0.29, 0.717) is 16.5 Å². The molecule has 3 aromatic carbocycles. The zero-order chi connectivity index (χ0) is 22.5. The standard InChI is InChI=1S/C27H27N3O2/c1-2-24(20-14-13-18-7-3-4-8-19(18)15-20)29-17-21(16-28)27(32)30-25-11-5-10-23-22(25)9-6-12-26(23)31/h5-6,9-15,17,24,29,31H,2-4,7-8H2,1H3,(H,30,32)/b21-17-. The van der Waals surface area contributed by atoms with Crippen molar-refractivity contribution in [2.24, 2.45) is 0 Å². The number of amides is 1. The largest absolute Gasteiger partial charge is 0.507 e. The van der Waals surface area contributed by atoms with Gasteiger partial charge < -0.3 is 15.7 Å². The van der Waals surface area contributed by atoms with E-state index in [1.807, 2.05) is 12.1 Å². The van der Waals surface area contributed by atoms with Crippen LogP contribution in [0.3, 0.4) is 0 Å². The van der Waals surface area contributed by atoms with Gasteiger partial charge in [0.05, 0.1) is 6.04 Å². The van der Waals surface area contributed by atoms with Crippen LogP contribution < -0.4 is 10.6 Å². The van der Waals surface area contributed by atoms with Gasteiger partial charge in [0, 0.05) is 22.7 Å². The molecular weight excluding hydrogens is 398 g/mol. The second-order valence-corrected chi connectivity index (χ2v) is 8.16. The highest BCUT2D eigenvalue weighted by atomic mass is 16.3. The molecule has 0 saturated heterocycles. The van der Waals surface area contributed by atoms with Gasteiger partial charge in [-0.3, -0.25) is 4.79 Å². The Labute approximate surface area is 188 Å². The molecule has 0 heterocycles. The number of phenolic OH excluding ortho intramolecular Hbond substituents is 1. The van der Waals surface area contributed by atoms with Crippen LogP contribution in [0.25, 0.3) is 10.8 Å². The van der Waals surface area contributed by atoms with Crippen LogP contribution in [0.15, 0.2) is 66.4 Å². The van der Waals surface area contributed by atoms with E-state index in [1.54, 1.807) is 30.3 Å². The van der Waals surface area contributed by atoms with Crippen LogP contribution in [0.4, 0.5) is 5.69 Å². The molecule has 0 fully saturated rings. The monoisotopic (exact) mass is 425 g/mol. The van der Waals surface area contributed by atoms with Gasteiger partial charge in [0.25, 0.3) is 5.91 Å². The summed E-state index contributed by atoms with van der Waals surface area (Å²) < 4.78 is 0. The number of nitriles is 1. The van der Waals surface area contributed by atoms with E-state index >= 15 is 0 Å². The van der Waals surface area contributed by atoms with Gasteiger partial charge in [0.2, 0.25) is 0 Å². The number of fused-ring (bicyclic) bond motifs is 2. The lowest BCUT2D eigenvalue weighted by molar-refractivity contribution is -0.112. The lowest BCUT2D eigenvalue weighted by atomic mass is 9.89. The number of nitrogens with one attached hydrogen (secondary N) is 2. The summed E-state index contributed by atoms with van der Waals surface area (Å²) in [6.45, 7) is 2.08. The molecule has 3 N–H and O–H groups in total. The molecule has 32 heavy (non-hydrogen) atoms. The van der Waals surface area contributed by atoms with Gasteiger partial charge in [-0.05, 0) is 60.9 Å². The molecule has 3 aromatic rings. The highest BCUT2D eigenvalue weighted by Gasteiger charge is 2.16. The van der Waals surface area contributed by atoms with Gasteiger partial charge in [-0.15, -0.1) is 0 Å². The second kappa shape index (κ2) is 9.57. The maximum atomic E-state index is 12.8. The molecule has 0 radical (unpaired) electrons. The van der Waals surface area contributed by atoms with Crippen molar-refractivity contribution < 1.29 is 9.90 Å². The van der Waals surface area contributed by atoms with Crippen LogP contribution in [-0.4, -0.2) is 11.0 Å². The zero-order valence-corrected chi connectivity index (χ0v) is 18.2. The molecule has 5 nitrogen and oxygen atoms in total. The number of phenols is 1. The van der Waals surface area contributed by atoms with E-state index in [2.05, 4.69) is 35.8 Å². The molecule has 1 amide bonds. The average molecular weight is 426 g/mol. The first-order chi connectivity index (χ1) is 15.6. The summed E-state index contributed by atoms with van der Waals surface area (Å²) in [5.41, 5.74) is 4.57. The van der Waals surface area contributed by atoms with E-state index in [4.69, 9.17) is 0 Å². The molecule has 4 rings (SSSR count). The normalized spacial score (nSPS) is 14.3. The summed E-state index contributed by atoms with van der Waals surface area (Å²) >= 11 is 0. The summed E-state index contributed by atoms with van der Waals surface area (Å²) in [5.74, 6) is -0.344. The van der Waals surface area contributed by atoms with E-state index in [0.717, 1.165) is 19.3 Å². The third kappa shape index (κ3) is 4.45. The van der Waals surface area contributed by atoms with Crippen molar-refractivity contribution in [3.63, 3.8) is 0 Å². The van der Waals surface area contributed by atoms with Gasteiger partial charge in [0.1, 0.15) is 17.4 Å². The Bertz CT molecular complexity index is 1220. The van der Waals surface area contributed by atoms with E-state index < -0.39 is 5.91 Å². The summed E-state index contributed by atoms with van der Waals surface area (Å²) in [5, 5.41) is 27.1. The van der Waals surface area contributed by atoms with Crippen LogP contribution in [0, 0.1) is 11.3 Å². The molecule has 0 aromatic heterocycles. The van der Waals surface area contributed by atoms with Crippen LogP contribution in [-0.2, 0) is 17.6 Å². The third-order valence-corrected chi connectivity index (χ3v) is 6.12. The van der Waals surface area contributed by atoms with Crippen LogP contribution in [0.2, 0.25) is 0 Å². The van der Waals surface area contributed by atoms with Crippen LogP contribution >= 0.6 is 0 Å². The Morgan fingerprint density at radius 1 is 1.09 bits per heavy atom. The van der Waals surface area contributed by atoms with Gasteiger partial charge in [0.15, 0.2) is 0 Å². The molecule has 1 aliphatic carbocycles. The first-order valence-electron chi connectivity index (χ1n) is 11.1. The Morgan fingerprint density at radius 2 is 1.84 bits per heavy atom. The first kappa shape index (κ1) is 21.5. The number of hydrogen-bond donors (Lipinski definition) is 3. The van der Waals surface area contributed by atoms with Crippen molar-refractivity contribution in [2.75, 3.05) is 5.32 Å². The summed E-state index contributed by atoms with van der Waals surface area (Å²) in [6.07, 6.45) is 7.07. The van der Waals surface area contributed by atoms with Crippen molar-refractivity contribution in [3.05, 3.63) is 83.1 Å². The van der Waals surface area contributed by atoms with Crippen LogP contribution in [0.1, 0.15) is 48.9 Å². The molecule has 0 aliphatic heterocycles. The number of nitrogens with zero attached hydrogens (tertiary/aromatic N) is 1. The third-order valence-electron chi connectivity index (χ3n) is 6.12. The highest BCUT2D eigenvalue weighted by molar-refractivity contribution is 6.11. The van der Waals surface area contributed by atoms with Crippen molar-refractivity contribution in [1.29, 1.82) is 5.26 Å². The summed E-state index contributed by atoms with van der Waals surface area (Å²) in [4.78, 5) is 12.8. The van der Waals surface area contributed by atoms with Crippen molar-refractivity contribution in [3.8, 4) is 11.8 Å². The molecule has 162 valence electrons. The maximum absolute atomic E-state index is 12.8. The number of carbonyl (C=O) groups is 1. The van der Waals surface area contributed by atoms with Gasteiger partial charge in [-0.2, -0.15) is 5.26 Å². The number of anilines is 1. The number of aromatic hydroxyl groups is 1. The van der Waals surface area contributed by atoms with Gasteiger partial charge in [-0.25, -0.2) is 0 Å². The number of rotatable bonds is 6. The molecule has 1 unspecified atom stereocenters. The van der Waals surface area contributed by atoms with Crippen LogP contribution in [0.5, 0.6) is 5.75 Å². The SMILES string of the molecule is CCC(N/C=C(/C#N)C(=O)Nc1cccc2c(O)cccc12)c1ccc2c(c1)CCCC2. The first-order valence-corrected chi connectivity index (χ1v) is 11.1. The molecule has 0 spiro atoms.